The van der Waals surface area contributed by atoms with E-state index < -0.39 is 5.78 Å². The summed E-state index contributed by atoms with van der Waals surface area (Å²) in [5.74, 6) is 0.185. The first-order valence-corrected chi connectivity index (χ1v) is 7.27. The molecule has 0 aromatic heterocycles. The van der Waals surface area contributed by atoms with E-state index in [0.717, 1.165) is 2.81 Å². The molecular weight excluding hydrogens is 283 g/mol. The number of hydrogen-bond donors (Lipinski definition) is 2. The molecule has 2 aromatic rings. The molecule has 0 saturated heterocycles. The molecule has 0 heterocycles. The van der Waals surface area contributed by atoms with E-state index in [1.807, 2.05) is 0 Å². The van der Waals surface area contributed by atoms with Crippen LogP contribution in [0.1, 0.15) is 15.9 Å². The molecule has 0 atom stereocenters. The molecule has 0 bridgehead atoms. The molecule has 2 aromatic carbocycles. The summed E-state index contributed by atoms with van der Waals surface area (Å²) >= 11 is 0.666. The normalized spacial score (nSPS) is 10.3. The van der Waals surface area contributed by atoms with E-state index >= 15 is 0 Å². The molecule has 2 rings (SSSR count). The van der Waals surface area contributed by atoms with Crippen LogP contribution < -0.4 is 12.3 Å². The Bertz CT molecular complexity index is 697. The number of ether oxygens (including phenoxy) is 2. The maximum atomic E-state index is 12.5. The van der Waals surface area contributed by atoms with Crippen molar-refractivity contribution in [2.75, 3.05) is 14.2 Å². The van der Waals surface area contributed by atoms with Gasteiger partial charge in [0.15, 0.2) is 0 Å². The number of phenols is 2. The van der Waals surface area contributed by atoms with Gasteiger partial charge >= 0.3 is 140 Å². The number of carbonyl (C=O) groups is 1. The summed E-state index contributed by atoms with van der Waals surface area (Å²) in [6.07, 6.45) is 0. The molecule has 0 aliphatic carbocycles. The second kappa shape index (κ2) is 6.39. The van der Waals surface area contributed by atoms with Gasteiger partial charge in [-0.15, -0.1) is 0 Å². The molecule has 2 N–H and O–H groups in total. The maximum absolute atomic E-state index is 12.5. The minimum absolute atomic E-state index is 0.109. The first-order chi connectivity index (χ1) is 9.97. The Balaban J connectivity index is 2.47. The quantitative estimate of drug-likeness (QED) is 0.653. The third kappa shape index (κ3) is 3.15. The van der Waals surface area contributed by atoms with E-state index in [1.54, 1.807) is 12.1 Å². The standard InChI is InChI=1S/C15H13O5.Na/c1-19-9-3-5-11(13(16)7-9)15(18)12-6-4-10(20-2)8-14(12)17;/h3,5-8,16-17H,1-2H3;. The average Bonchev–Trinajstić information content (AvgIpc) is 2.48. The third-order valence-electron chi connectivity index (χ3n) is 3.21. The summed E-state index contributed by atoms with van der Waals surface area (Å²) in [4.78, 5) is 12.5. The molecule has 0 aliphatic heterocycles. The van der Waals surface area contributed by atoms with Gasteiger partial charge in [-0.3, -0.25) is 0 Å². The van der Waals surface area contributed by atoms with E-state index in [9.17, 15) is 15.0 Å². The van der Waals surface area contributed by atoms with Gasteiger partial charge < -0.3 is 0 Å². The fraction of sp³-hybridized carbons (Fsp3) is 0.133. The van der Waals surface area contributed by atoms with Crippen molar-refractivity contribution in [2.24, 2.45) is 0 Å². The summed E-state index contributed by atoms with van der Waals surface area (Å²) in [6.45, 7) is 0. The van der Waals surface area contributed by atoms with Crippen molar-refractivity contribution >= 4 is 36.5 Å². The molecule has 0 spiro atoms. The van der Waals surface area contributed by atoms with Crippen LogP contribution in [-0.2, 0) is 0 Å². The zero-order valence-corrected chi connectivity index (χ0v) is 14.0. The van der Waals surface area contributed by atoms with Gasteiger partial charge in [0, 0.05) is 0 Å². The van der Waals surface area contributed by atoms with Crippen molar-refractivity contribution in [1.82, 2.24) is 0 Å². The van der Waals surface area contributed by atoms with Crippen molar-refractivity contribution < 1.29 is 24.5 Å². The van der Waals surface area contributed by atoms with Gasteiger partial charge in [0.05, 0.1) is 0 Å². The summed E-state index contributed by atoms with van der Waals surface area (Å²) in [5.41, 5.74) is 0.249. The molecule has 0 radical (unpaired) electrons. The molecule has 21 heavy (non-hydrogen) atoms. The number of carbonyl (C=O) groups excluding carboxylic acids is 1. The molecule has 5 nitrogen and oxygen atoms in total. The van der Waals surface area contributed by atoms with Crippen LogP contribution in [0.4, 0.5) is 0 Å². The summed E-state index contributed by atoms with van der Waals surface area (Å²) in [5, 5.41) is 19.9. The van der Waals surface area contributed by atoms with E-state index in [0.29, 0.717) is 39.4 Å². The fourth-order valence-corrected chi connectivity index (χ4v) is 2.69. The number of rotatable bonds is 4. The van der Waals surface area contributed by atoms with Crippen molar-refractivity contribution in [3.8, 4) is 23.0 Å². The van der Waals surface area contributed by atoms with E-state index in [1.165, 1.54) is 32.4 Å². The van der Waals surface area contributed by atoms with Gasteiger partial charge in [0.2, 0.25) is 0 Å². The van der Waals surface area contributed by atoms with Crippen LogP contribution in [0.3, 0.4) is 0 Å². The van der Waals surface area contributed by atoms with Gasteiger partial charge in [-0.2, -0.15) is 0 Å². The molecule has 0 amide bonds. The van der Waals surface area contributed by atoms with Gasteiger partial charge in [0.1, 0.15) is 0 Å². The molecule has 0 fully saturated rings. The van der Waals surface area contributed by atoms with Crippen LogP contribution in [-0.4, -0.2) is 58.1 Å². The zero-order chi connectivity index (χ0) is 15.6. The predicted molar refractivity (Wildman–Crippen MR) is 78.1 cm³/mol. The fourth-order valence-electron chi connectivity index (χ4n) is 2.05. The van der Waals surface area contributed by atoms with Gasteiger partial charge in [-0.25, -0.2) is 0 Å². The van der Waals surface area contributed by atoms with Crippen molar-refractivity contribution in [1.29, 1.82) is 0 Å². The van der Waals surface area contributed by atoms with E-state index in [-0.39, 0.29) is 22.6 Å². The van der Waals surface area contributed by atoms with Crippen LogP contribution in [0.5, 0.6) is 23.0 Å². The Morgan fingerprint density at radius 2 is 1.67 bits per heavy atom. The van der Waals surface area contributed by atoms with Crippen molar-refractivity contribution in [3.05, 3.63) is 41.5 Å². The van der Waals surface area contributed by atoms with Crippen LogP contribution in [0.25, 0.3) is 0 Å². The monoisotopic (exact) mass is 296 g/mol. The predicted octanol–water partition coefficient (Wildman–Crippen LogP) is 1.14. The Morgan fingerprint density at radius 1 is 1.00 bits per heavy atom. The Kier molecular flexibility index (Phi) is 4.77. The molecule has 0 saturated carbocycles. The Morgan fingerprint density at radius 3 is 2.24 bits per heavy atom. The minimum atomic E-state index is -0.451. The topological polar surface area (TPSA) is 76.0 Å². The SMILES string of the molecule is COc1ccc(C(=O)c2c[c]([Na])c(OC)cc2O)c(O)c1. The Labute approximate surface area is 139 Å². The summed E-state index contributed by atoms with van der Waals surface area (Å²) < 4.78 is 10.9. The summed E-state index contributed by atoms with van der Waals surface area (Å²) in [6, 6.07) is 7.40. The van der Waals surface area contributed by atoms with Crippen LogP contribution >= 0.6 is 0 Å². The van der Waals surface area contributed by atoms with Gasteiger partial charge in [-0.1, -0.05) is 0 Å². The van der Waals surface area contributed by atoms with E-state index in [2.05, 4.69) is 0 Å². The molecular formula is C15H13NaO5. The Hall–Kier alpha value is -1.69. The first kappa shape index (κ1) is 15.7. The van der Waals surface area contributed by atoms with E-state index in [4.69, 9.17) is 9.47 Å². The summed E-state index contributed by atoms with van der Waals surface area (Å²) in [7, 11) is 2.98. The second-order valence-electron chi connectivity index (χ2n) is 4.55. The third-order valence-corrected chi connectivity index (χ3v) is 3.99. The number of phenolic OH excluding ortho intramolecular Hbond substituents is 2. The van der Waals surface area contributed by atoms with Crippen LogP contribution in [0.2, 0.25) is 0 Å². The van der Waals surface area contributed by atoms with Crippen molar-refractivity contribution in [3.63, 3.8) is 0 Å². The van der Waals surface area contributed by atoms with Crippen LogP contribution in [0, 0.1) is 0 Å². The van der Waals surface area contributed by atoms with Gasteiger partial charge in [0.25, 0.3) is 0 Å². The van der Waals surface area contributed by atoms with Crippen molar-refractivity contribution in [2.45, 2.75) is 0 Å². The number of methoxy groups -OCH3 is 2. The molecule has 6 heteroatoms. The first-order valence-electron chi connectivity index (χ1n) is 6.27. The number of hydrogen-bond acceptors (Lipinski definition) is 5. The van der Waals surface area contributed by atoms with Crippen LogP contribution in [0.15, 0.2) is 30.3 Å². The number of ketones is 1. The average molecular weight is 296 g/mol. The number of benzene rings is 2. The molecule has 0 unspecified atom stereocenters. The zero-order valence-electron chi connectivity index (χ0n) is 12.0. The molecule has 104 valence electrons. The number of aromatic hydroxyl groups is 2. The molecule has 0 aliphatic rings. The second-order valence-corrected chi connectivity index (χ2v) is 5.63. The van der Waals surface area contributed by atoms with Gasteiger partial charge in [-0.05, 0) is 0 Å².